The van der Waals surface area contributed by atoms with E-state index in [4.69, 9.17) is 16.6 Å². The van der Waals surface area contributed by atoms with Crippen molar-refractivity contribution < 1.29 is 4.42 Å². The number of rotatable bonds is 3. The molecule has 0 bridgehead atoms. The molecule has 1 heterocycles. The highest BCUT2D eigenvalue weighted by Crippen LogP contribution is 2.15. The summed E-state index contributed by atoms with van der Waals surface area (Å²) in [5.74, 6) is 0.865. The molecule has 0 unspecified atom stereocenters. The van der Waals surface area contributed by atoms with E-state index < -0.39 is 0 Å². The zero-order chi connectivity index (χ0) is 13.0. The molecular weight excluding hydrogens is 244 g/mol. The molecule has 0 aliphatic heterocycles. The van der Waals surface area contributed by atoms with Gasteiger partial charge in [0.15, 0.2) is 5.11 Å². The lowest BCUT2D eigenvalue weighted by Gasteiger charge is -2.16. The molecule has 0 amide bonds. The Bertz CT molecular complexity index is 522. The standard InChI is InChI=1S/C14H16N2OS/c1-10-6-3-4-7-12(10)16-14(18)15-11(2)13-8-5-9-17-13/h3-9,11H,1-2H3,(H2,15,16,18)/t11-/m1/s1. The van der Waals surface area contributed by atoms with Crippen LogP contribution in [0, 0.1) is 6.92 Å². The summed E-state index contributed by atoms with van der Waals surface area (Å²) in [4.78, 5) is 0. The molecule has 0 aliphatic rings. The monoisotopic (exact) mass is 260 g/mol. The van der Waals surface area contributed by atoms with Crippen LogP contribution in [0.3, 0.4) is 0 Å². The SMILES string of the molecule is Cc1ccccc1NC(=S)N[C@H](C)c1ccco1. The van der Waals surface area contributed by atoms with E-state index in [0.29, 0.717) is 5.11 Å². The van der Waals surface area contributed by atoms with Crippen LogP contribution in [0.5, 0.6) is 0 Å². The van der Waals surface area contributed by atoms with Gasteiger partial charge in [0.25, 0.3) is 0 Å². The Morgan fingerprint density at radius 3 is 2.67 bits per heavy atom. The van der Waals surface area contributed by atoms with Crippen molar-refractivity contribution in [3.8, 4) is 0 Å². The Labute approximate surface area is 112 Å². The lowest BCUT2D eigenvalue weighted by Crippen LogP contribution is -2.30. The Kier molecular flexibility index (Phi) is 3.99. The van der Waals surface area contributed by atoms with Gasteiger partial charge in [0.1, 0.15) is 5.76 Å². The Hall–Kier alpha value is -1.81. The lowest BCUT2D eigenvalue weighted by atomic mass is 10.2. The quantitative estimate of drug-likeness (QED) is 0.826. The van der Waals surface area contributed by atoms with E-state index in [1.165, 1.54) is 0 Å². The summed E-state index contributed by atoms with van der Waals surface area (Å²) >= 11 is 5.28. The van der Waals surface area contributed by atoms with Crippen molar-refractivity contribution in [1.29, 1.82) is 0 Å². The van der Waals surface area contributed by atoms with E-state index >= 15 is 0 Å². The normalized spacial score (nSPS) is 11.9. The summed E-state index contributed by atoms with van der Waals surface area (Å²) in [6.45, 7) is 4.05. The first-order chi connectivity index (χ1) is 8.66. The van der Waals surface area contributed by atoms with E-state index in [9.17, 15) is 0 Å². The lowest BCUT2D eigenvalue weighted by molar-refractivity contribution is 0.464. The van der Waals surface area contributed by atoms with Gasteiger partial charge in [-0.2, -0.15) is 0 Å². The molecule has 0 saturated carbocycles. The van der Waals surface area contributed by atoms with E-state index in [0.717, 1.165) is 17.0 Å². The number of para-hydroxylation sites is 1. The van der Waals surface area contributed by atoms with Crippen molar-refractivity contribution in [2.45, 2.75) is 19.9 Å². The molecule has 2 N–H and O–H groups in total. The number of furan rings is 1. The van der Waals surface area contributed by atoms with E-state index in [-0.39, 0.29) is 6.04 Å². The van der Waals surface area contributed by atoms with Crippen molar-refractivity contribution in [1.82, 2.24) is 5.32 Å². The fourth-order valence-electron chi connectivity index (χ4n) is 1.68. The maximum atomic E-state index is 5.32. The first-order valence-corrected chi connectivity index (χ1v) is 6.24. The van der Waals surface area contributed by atoms with Gasteiger partial charge in [-0.25, -0.2) is 0 Å². The van der Waals surface area contributed by atoms with Gasteiger partial charge in [0, 0.05) is 5.69 Å². The fraction of sp³-hybridized carbons (Fsp3) is 0.214. The van der Waals surface area contributed by atoms with Gasteiger partial charge in [-0.3, -0.25) is 0 Å². The summed E-state index contributed by atoms with van der Waals surface area (Å²) in [6.07, 6.45) is 1.66. The highest BCUT2D eigenvalue weighted by molar-refractivity contribution is 7.80. The summed E-state index contributed by atoms with van der Waals surface area (Å²) in [7, 11) is 0. The van der Waals surface area contributed by atoms with E-state index in [1.807, 2.05) is 50.2 Å². The number of anilines is 1. The van der Waals surface area contributed by atoms with Crippen molar-refractivity contribution in [3.05, 3.63) is 54.0 Å². The van der Waals surface area contributed by atoms with Gasteiger partial charge in [-0.1, -0.05) is 18.2 Å². The highest BCUT2D eigenvalue weighted by atomic mass is 32.1. The van der Waals surface area contributed by atoms with Crippen LogP contribution in [0.25, 0.3) is 0 Å². The molecule has 18 heavy (non-hydrogen) atoms. The molecule has 0 radical (unpaired) electrons. The Morgan fingerprint density at radius 1 is 1.22 bits per heavy atom. The number of hydrogen-bond donors (Lipinski definition) is 2. The van der Waals surface area contributed by atoms with Gasteiger partial charge < -0.3 is 15.1 Å². The summed E-state index contributed by atoms with van der Waals surface area (Å²) < 4.78 is 5.32. The predicted octanol–water partition coefficient (Wildman–Crippen LogP) is 3.64. The van der Waals surface area contributed by atoms with Crippen LogP contribution in [-0.2, 0) is 0 Å². The molecule has 1 atom stereocenters. The molecule has 0 aliphatic carbocycles. The third-order valence-electron chi connectivity index (χ3n) is 2.71. The number of benzene rings is 1. The number of thiocarbonyl (C=S) groups is 1. The second-order valence-electron chi connectivity index (χ2n) is 4.15. The Balaban J connectivity index is 1.95. The number of nitrogens with one attached hydrogen (secondary N) is 2. The van der Waals surface area contributed by atoms with Crippen LogP contribution in [-0.4, -0.2) is 5.11 Å². The molecule has 3 nitrogen and oxygen atoms in total. The van der Waals surface area contributed by atoms with Crippen LogP contribution in [0.2, 0.25) is 0 Å². The fourth-order valence-corrected chi connectivity index (χ4v) is 1.96. The average Bonchev–Trinajstić information content (AvgIpc) is 2.85. The number of hydrogen-bond acceptors (Lipinski definition) is 2. The Morgan fingerprint density at radius 2 is 2.00 bits per heavy atom. The first kappa shape index (κ1) is 12.6. The van der Waals surface area contributed by atoms with Gasteiger partial charge in [0.2, 0.25) is 0 Å². The van der Waals surface area contributed by atoms with Crippen molar-refractivity contribution in [2.24, 2.45) is 0 Å². The molecule has 0 spiro atoms. The molecule has 0 saturated heterocycles. The van der Waals surface area contributed by atoms with Crippen molar-refractivity contribution in [3.63, 3.8) is 0 Å². The molecule has 2 rings (SSSR count). The predicted molar refractivity (Wildman–Crippen MR) is 77.7 cm³/mol. The van der Waals surface area contributed by atoms with Gasteiger partial charge in [-0.05, 0) is 49.8 Å². The molecule has 2 aromatic rings. The van der Waals surface area contributed by atoms with Crippen LogP contribution < -0.4 is 10.6 Å². The maximum absolute atomic E-state index is 5.32. The third kappa shape index (κ3) is 3.11. The van der Waals surface area contributed by atoms with E-state index in [1.54, 1.807) is 6.26 Å². The van der Waals surface area contributed by atoms with Crippen molar-refractivity contribution >= 4 is 23.0 Å². The molecule has 94 valence electrons. The molecule has 1 aromatic carbocycles. The smallest absolute Gasteiger partial charge is 0.171 e. The molecule has 1 aromatic heterocycles. The summed E-state index contributed by atoms with van der Waals surface area (Å²) in [5.41, 5.74) is 2.17. The first-order valence-electron chi connectivity index (χ1n) is 5.83. The highest BCUT2D eigenvalue weighted by Gasteiger charge is 2.09. The maximum Gasteiger partial charge on any atom is 0.171 e. The largest absolute Gasteiger partial charge is 0.467 e. The summed E-state index contributed by atoms with van der Waals surface area (Å²) in [5, 5.41) is 6.96. The molecule has 4 heteroatoms. The second-order valence-corrected chi connectivity index (χ2v) is 4.56. The molecule has 0 fully saturated rings. The molecular formula is C14H16N2OS. The van der Waals surface area contributed by atoms with Crippen LogP contribution in [0.15, 0.2) is 47.1 Å². The van der Waals surface area contributed by atoms with Gasteiger partial charge in [0.05, 0.1) is 12.3 Å². The zero-order valence-electron chi connectivity index (χ0n) is 10.4. The minimum atomic E-state index is 0.0454. The van der Waals surface area contributed by atoms with Crippen LogP contribution in [0.1, 0.15) is 24.3 Å². The van der Waals surface area contributed by atoms with Gasteiger partial charge in [-0.15, -0.1) is 0 Å². The summed E-state index contributed by atoms with van der Waals surface area (Å²) in [6, 6.07) is 11.9. The minimum Gasteiger partial charge on any atom is -0.467 e. The van der Waals surface area contributed by atoms with Crippen molar-refractivity contribution in [2.75, 3.05) is 5.32 Å². The number of aryl methyl sites for hydroxylation is 1. The third-order valence-corrected chi connectivity index (χ3v) is 2.93. The van der Waals surface area contributed by atoms with Crippen LogP contribution in [0.4, 0.5) is 5.69 Å². The second kappa shape index (κ2) is 5.69. The zero-order valence-corrected chi connectivity index (χ0v) is 11.3. The van der Waals surface area contributed by atoms with Gasteiger partial charge >= 0.3 is 0 Å². The topological polar surface area (TPSA) is 37.2 Å². The van der Waals surface area contributed by atoms with Crippen LogP contribution >= 0.6 is 12.2 Å². The van der Waals surface area contributed by atoms with E-state index in [2.05, 4.69) is 10.6 Å². The average molecular weight is 260 g/mol. The minimum absolute atomic E-state index is 0.0454.